The van der Waals surface area contributed by atoms with E-state index in [1.54, 1.807) is 6.07 Å². The van der Waals surface area contributed by atoms with Gasteiger partial charge in [0.05, 0.1) is 0 Å². The fourth-order valence-corrected chi connectivity index (χ4v) is 7.05. The van der Waals surface area contributed by atoms with E-state index in [0.29, 0.717) is 0 Å². The van der Waals surface area contributed by atoms with E-state index in [9.17, 15) is 5.11 Å². The SMILES string of the molecule is Oc1cccc(C2=c3ccc([nH]3)=C(c3ccccc3)c3ccc([nH]3)C(c3ccccc3)=c3ccc([nH]3)=C(c3ccccc3)c3ccc2[nH]3)c1. The predicted octanol–water partition coefficient (Wildman–Crippen LogP) is 6.01. The Bertz CT molecular complexity index is 2710. The molecule has 0 amide bonds. The van der Waals surface area contributed by atoms with E-state index in [0.717, 1.165) is 88.7 Å². The number of hydrogen-bond donors (Lipinski definition) is 5. The van der Waals surface area contributed by atoms with Crippen molar-refractivity contribution in [2.24, 2.45) is 0 Å². The summed E-state index contributed by atoms with van der Waals surface area (Å²) in [6, 6.07) is 56.1. The van der Waals surface area contributed by atoms with Gasteiger partial charge < -0.3 is 25.0 Å². The topological polar surface area (TPSA) is 83.4 Å². The van der Waals surface area contributed by atoms with Crippen molar-refractivity contribution in [1.82, 2.24) is 19.9 Å². The number of benzene rings is 4. The minimum atomic E-state index is 0.215. The summed E-state index contributed by atoms with van der Waals surface area (Å²) in [6.07, 6.45) is 0. The van der Waals surface area contributed by atoms with Crippen molar-refractivity contribution < 1.29 is 5.11 Å². The second-order valence-corrected chi connectivity index (χ2v) is 12.3. The summed E-state index contributed by atoms with van der Waals surface area (Å²) in [7, 11) is 0. The molecule has 5 heterocycles. The maximum absolute atomic E-state index is 10.6. The molecule has 0 spiro atoms. The number of aromatic nitrogens is 4. The number of fused-ring (bicyclic) bond motifs is 8. The molecule has 4 aromatic carbocycles. The zero-order valence-electron chi connectivity index (χ0n) is 26.5. The summed E-state index contributed by atoms with van der Waals surface area (Å²) < 4.78 is 0. The second kappa shape index (κ2) is 11.8. The number of nitrogens with one attached hydrogen (secondary N) is 4. The van der Waals surface area contributed by atoms with Crippen LogP contribution in [0.1, 0.15) is 45.0 Å². The quantitative estimate of drug-likeness (QED) is 0.162. The Morgan fingerprint density at radius 1 is 0.286 bits per heavy atom. The van der Waals surface area contributed by atoms with E-state index in [2.05, 4.69) is 147 Å². The van der Waals surface area contributed by atoms with E-state index >= 15 is 0 Å². The van der Waals surface area contributed by atoms with Crippen LogP contribution in [0, 0.1) is 0 Å². The van der Waals surface area contributed by atoms with Gasteiger partial charge in [-0.3, -0.25) is 0 Å². The van der Waals surface area contributed by atoms with Gasteiger partial charge in [-0.1, -0.05) is 103 Å². The van der Waals surface area contributed by atoms with Gasteiger partial charge in [-0.2, -0.15) is 0 Å². The van der Waals surface area contributed by atoms with Gasteiger partial charge in [0.1, 0.15) is 5.75 Å². The number of phenolic OH excluding ortho intramolecular Hbond substituents is 1. The molecular weight excluding hydrogens is 601 g/mol. The first-order valence-electron chi connectivity index (χ1n) is 16.4. The Hall–Kier alpha value is -6.72. The standard InChI is InChI=1S/C44H32N4O/c49-32-18-10-17-31(27-32)44-39-25-23-37(47-39)42(29-13-6-2-7-14-29)35-21-19-33(45-35)41(28-11-4-1-5-12-28)34-20-22-36(46-34)43(30-15-8-3-9-16-30)38-24-26-40(44)48-38/h1-27,45-49H. The lowest BCUT2D eigenvalue weighted by Gasteiger charge is -2.10. The fraction of sp³-hybridized carbons (Fsp3) is 0. The normalized spacial score (nSPS) is 12.8. The molecule has 0 saturated heterocycles. The van der Waals surface area contributed by atoms with E-state index in [1.165, 1.54) is 0 Å². The van der Waals surface area contributed by atoms with Gasteiger partial charge in [-0.15, -0.1) is 0 Å². The minimum Gasteiger partial charge on any atom is -0.508 e. The summed E-state index contributed by atoms with van der Waals surface area (Å²) >= 11 is 0. The second-order valence-electron chi connectivity index (χ2n) is 12.3. The molecule has 8 bridgehead atoms. The van der Waals surface area contributed by atoms with Crippen LogP contribution in [0.25, 0.3) is 22.3 Å². The monoisotopic (exact) mass is 632 g/mol. The summed E-state index contributed by atoms with van der Waals surface area (Å²) in [5.41, 5.74) is 12.3. The smallest absolute Gasteiger partial charge is 0.116 e. The number of rotatable bonds is 4. The number of phenols is 1. The first kappa shape index (κ1) is 28.5. The molecule has 5 N–H and O–H groups in total. The van der Waals surface area contributed by atoms with Crippen molar-refractivity contribution in [1.29, 1.82) is 0 Å². The molecule has 9 rings (SSSR count). The number of H-pyrrole nitrogens is 4. The predicted molar refractivity (Wildman–Crippen MR) is 196 cm³/mol. The van der Waals surface area contributed by atoms with Crippen LogP contribution in [-0.2, 0) is 0 Å². The fourth-order valence-electron chi connectivity index (χ4n) is 7.05. The van der Waals surface area contributed by atoms with Gasteiger partial charge in [0.15, 0.2) is 0 Å². The molecule has 234 valence electrons. The average molecular weight is 633 g/mol. The van der Waals surface area contributed by atoms with Gasteiger partial charge >= 0.3 is 0 Å². The highest BCUT2D eigenvalue weighted by molar-refractivity contribution is 5.84. The molecular formula is C44H32N4O. The van der Waals surface area contributed by atoms with E-state index in [-0.39, 0.29) is 5.75 Å². The van der Waals surface area contributed by atoms with Crippen LogP contribution >= 0.6 is 0 Å². The molecule has 8 aromatic rings. The van der Waals surface area contributed by atoms with Crippen LogP contribution in [0.5, 0.6) is 5.75 Å². The summed E-state index contributed by atoms with van der Waals surface area (Å²) in [5, 5.41) is 14.5. The zero-order chi connectivity index (χ0) is 32.7. The van der Waals surface area contributed by atoms with Crippen molar-refractivity contribution in [2.45, 2.75) is 0 Å². The molecule has 1 aliphatic rings. The first-order valence-corrected chi connectivity index (χ1v) is 16.4. The van der Waals surface area contributed by atoms with E-state index in [4.69, 9.17) is 0 Å². The number of hydrogen-bond acceptors (Lipinski definition) is 1. The lowest BCUT2D eigenvalue weighted by Crippen LogP contribution is -2.19. The highest BCUT2D eigenvalue weighted by atomic mass is 16.3. The minimum absolute atomic E-state index is 0.215. The zero-order valence-corrected chi connectivity index (χ0v) is 26.5. The Morgan fingerprint density at radius 2 is 0.612 bits per heavy atom. The molecule has 0 unspecified atom stereocenters. The summed E-state index contributed by atoms with van der Waals surface area (Å²) in [5.74, 6) is 0.215. The van der Waals surface area contributed by atoms with E-state index < -0.39 is 0 Å². The highest BCUT2D eigenvalue weighted by Gasteiger charge is 2.18. The molecule has 5 heteroatoms. The van der Waals surface area contributed by atoms with Crippen LogP contribution in [0.3, 0.4) is 0 Å². The van der Waals surface area contributed by atoms with Crippen LogP contribution in [0.15, 0.2) is 164 Å². The largest absolute Gasteiger partial charge is 0.508 e. The Kier molecular flexibility index (Phi) is 6.87. The highest BCUT2D eigenvalue weighted by Crippen LogP contribution is 2.28. The Labute approximate surface area is 282 Å². The van der Waals surface area contributed by atoms with Crippen molar-refractivity contribution in [3.8, 4) is 5.75 Å². The average Bonchev–Trinajstić information content (AvgIpc) is 3.97. The molecule has 0 fully saturated rings. The van der Waals surface area contributed by atoms with Crippen molar-refractivity contribution >= 4 is 22.3 Å². The third kappa shape index (κ3) is 5.14. The summed E-state index contributed by atoms with van der Waals surface area (Å²) in [4.78, 5) is 15.2. The first-order chi connectivity index (χ1) is 24.2. The third-order valence-electron chi connectivity index (χ3n) is 9.22. The molecule has 0 saturated carbocycles. The van der Waals surface area contributed by atoms with Gasteiger partial charge in [-0.25, -0.2) is 0 Å². The molecule has 5 nitrogen and oxygen atoms in total. The summed E-state index contributed by atoms with van der Waals surface area (Å²) in [6.45, 7) is 0. The van der Waals surface area contributed by atoms with Crippen LogP contribution in [0.4, 0.5) is 0 Å². The Balaban J connectivity index is 1.44. The molecule has 0 radical (unpaired) electrons. The van der Waals surface area contributed by atoms with Crippen molar-refractivity contribution in [2.75, 3.05) is 0 Å². The van der Waals surface area contributed by atoms with Crippen molar-refractivity contribution in [3.63, 3.8) is 0 Å². The lowest BCUT2D eigenvalue weighted by molar-refractivity contribution is 0.475. The molecule has 0 atom stereocenters. The van der Waals surface area contributed by atoms with Crippen LogP contribution in [0.2, 0.25) is 0 Å². The molecule has 0 aliphatic carbocycles. The van der Waals surface area contributed by atoms with Gasteiger partial charge in [0.25, 0.3) is 0 Å². The van der Waals surface area contributed by atoms with Gasteiger partial charge in [0, 0.05) is 66.5 Å². The number of aromatic hydroxyl groups is 1. The van der Waals surface area contributed by atoms with E-state index in [1.807, 2.05) is 30.3 Å². The Morgan fingerprint density at radius 3 is 0.959 bits per heavy atom. The van der Waals surface area contributed by atoms with Crippen molar-refractivity contribution in [3.05, 3.63) is 230 Å². The van der Waals surface area contributed by atoms with Crippen LogP contribution < -0.4 is 21.4 Å². The third-order valence-corrected chi connectivity index (χ3v) is 9.22. The van der Waals surface area contributed by atoms with Gasteiger partial charge in [-0.05, 0) is 82.9 Å². The maximum Gasteiger partial charge on any atom is 0.116 e. The maximum atomic E-state index is 10.6. The molecule has 4 aromatic heterocycles. The molecule has 49 heavy (non-hydrogen) atoms. The number of aromatic amines is 4. The van der Waals surface area contributed by atoms with Gasteiger partial charge in [0.2, 0.25) is 0 Å². The lowest BCUT2D eigenvalue weighted by atomic mass is 10.0. The van der Waals surface area contributed by atoms with Crippen LogP contribution in [-0.4, -0.2) is 25.0 Å². The molecule has 1 aliphatic heterocycles.